The number of carbonyl (C=O) groups excluding carboxylic acids is 1. The third-order valence-electron chi connectivity index (χ3n) is 6.72. The van der Waals surface area contributed by atoms with E-state index in [-0.39, 0.29) is 11.7 Å². The van der Waals surface area contributed by atoms with Crippen molar-refractivity contribution >= 4 is 23.0 Å². The van der Waals surface area contributed by atoms with Crippen molar-refractivity contribution in [2.75, 3.05) is 42.7 Å². The Hall–Kier alpha value is -2.60. The maximum absolute atomic E-state index is 14.2. The van der Waals surface area contributed by atoms with E-state index in [1.807, 2.05) is 13.0 Å². The molecule has 0 spiro atoms. The zero-order valence-corrected chi connectivity index (χ0v) is 19.0. The van der Waals surface area contributed by atoms with Crippen LogP contribution in [-0.4, -0.2) is 50.1 Å². The molecule has 2 aromatic carbocycles. The van der Waals surface area contributed by atoms with E-state index in [2.05, 4.69) is 53.6 Å². The zero-order chi connectivity index (χ0) is 22.1. The summed E-state index contributed by atoms with van der Waals surface area (Å²) >= 11 is 0. The lowest BCUT2D eigenvalue weighted by atomic mass is 10.0. The summed E-state index contributed by atoms with van der Waals surface area (Å²) in [5, 5.41) is 6.30. The number of nitrogens with zero attached hydrogens (tertiary/aromatic N) is 2. The summed E-state index contributed by atoms with van der Waals surface area (Å²) in [4.78, 5) is 17.7. The predicted octanol–water partition coefficient (Wildman–Crippen LogP) is 4.20. The standard InChI is InChI=1S/C25H33FN4O/c1-5-17-12-18(14-20(13-17)30-10-8-19(9-11-30)29(3)4)27-25(31)23-15-21-22(26)7-6-16(2)24(21)28-23/h6-7,12-14,19,23,28H,5,8-11,15H2,1-4H3,(H,27,31). The van der Waals surface area contributed by atoms with Crippen LogP contribution in [0.15, 0.2) is 30.3 Å². The van der Waals surface area contributed by atoms with Gasteiger partial charge in [-0.1, -0.05) is 13.0 Å². The lowest BCUT2D eigenvalue weighted by Crippen LogP contribution is -2.42. The Balaban J connectivity index is 1.48. The van der Waals surface area contributed by atoms with Crippen molar-refractivity contribution in [3.05, 3.63) is 52.8 Å². The molecule has 0 radical (unpaired) electrons. The third kappa shape index (κ3) is 4.54. The molecule has 1 unspecified atom stereocenters. The first-order valence-corrected chi connectivity index (χ1v) is 11.3. The van der Waals surface area contributed by atoms with Crippen LogP contribution < -0.4 is 15.5 Å². The van der Waals surface area contributed by atoms with Crippen molar-refractivity contribution in [1.82, 2.24) is 4.90 Å². The smallest absolute Gasteiger partial charge is 0.247 e. The molecule has 2 aliphatic heterocycles. The van der Waals surface area contributed by atoms with E-state index >= 15 is 0 Å². The first-order chi connectivity index (χ1) is 14.9. The minimum absolute atomic E-state index is 0.125. The van der Waals surface area contributed by atoms with Gasteiger partial charge in [0.15, 0.2) is 0 Å². The van der Waals surface area contributed by atoms with Gasteiger partial charge in [-0.3, -0.25) is 4.79 Å². The molecule has 6 heteroatoms. The minimum Gasteiger partial charge on any atom is -0.373 e. The molecular formula is C25H33FN4O. The quantitative estimate of drug-likeness (QED) is 0.755. The van der Waals surface area contributed by atoms with Gasteiger partial charge in [0.05, 0.1) is 0 Å². The molecule has 1 saturated heterocycles. The van der Waals surface area contributed by atoms with E-state index in [4.69, 9.17) is 0 Å². The summed E-state index contributed by atoms with van der Waals surface area (Å²) in [6, 6.07) is 9.74. The predicted molar refractivity (Wildman–Crippen MR) is 126 cm³/mol. The molecule has 0 aromatic heterocycles. The van der Waals surface area contributed by atoms with Crippen molar-refractivity contribution in [3.8, 4) is 0 Å². The number of rotatable bonds is 5. The first kappa shape index (κ1) is 21.6. The van der Waals surface area contributed by atoms with E-state index in [0.717, 1.165) is 55.0 Å². The fraction of sp³-hybridized carbons (Fsp3) is 0.480. The number of fused-ring (bicyclic) bond motifs is 1. The molecule has 166 valence electrons. The Kier molecular flexibility index (Phi) is 6.19. The SMILES string of the molecule is CCc1cc(NC(=O)C2Cc3c(F)ccc(C)c3N2)cc(N2CCC(N(C)C)CC2)c1. The van der Waals surface area contributed by atoms with Crippen LogP contribution in [0, 0.1) is 12.7 Å². The fourth-order valence-electron chi connectivity index (χ4n) is 4.73. The molecule has 2 aromatic rings. The summed E-state index contributed by atoms with van der Waals surface area (Å²) < 4.78 is 14.2. The molecule has 0 saturated carbocycles. The number of carbonyl (C=O) groups is 1. The lowest BCUT2D eigenvalue weighted by Gasteiger charge is -2.36. The fourth-order valence-corrected chi connectivity index (χ4v) is 4.73. The van der Waals surface area contributed by atoms with Crippen LogP contribution in [0.4, 0.5) is 21.5 Å². The summed E-state index contributed by atoms with van der Waals surface area (Å²) in [6.45, 7) is 6.09. The van der Waals surface area contributed by atoms with E-state index in [9.17, 15) is 9.18 Å². The second kappa shape index (κ2) is 8.87. The topological polar surface area (TPSA) is 47.6 Å². The van der Waals surface area contributed by atoms with Crippen LogP contribution in [-0.2, 0) is 17.6 Å². The minimum atomic E-state index is -0.463. The van der Waals surface area contributed by atoms with Crippen LogP contribution in [0.2, 0.25) is 0 Å². The molecule has 31 heavy (non-hydrogen) atoms. The van der Waals surface area contributed by atoms with E-state index in [1.165, 1.54) is 11.6 Å². The first-order valence-electron chi connectivity index (χ1n) is 11.3. The Morgan fingerprint density at radius 2 is 1.97 bits per heavy atom. The molecule has 1 amide bonds. The maximum atomic E-state index is 14.2. The Labute approximate surface area is 184 Å². The van der Waals surface area contributed by atoms with Gasteiger partial charge in [0.1, 0.15) is 11.9 Å². The van der Waals surface area contributed by atoms with Crippen molar-refractivity contribution < 1.29 is 9.18 Å². The van der Waals surface area contributed by atoms with Crippen LogP contribution in [0.25, 0.3) is 0 Å². The number of nitrogens with one attached hydrogen (secondary N) is 2. The van der Waals surface area contributed by atoms with Gasteiger partial charge >= 0.3 is 0 Å². The second-order valence-electron chi connectivity index (χ2n) is 9.03. The second-order valence-corrected chi connectivity index (χ2v) is 9.03. The number of halogens is 1. The van der Waals surface area contributed by atoms with Crippen molar-refractivity contribution in [1.29, 1.82) is 0 Å². The third-order valence-corrected chi connectivity index (χ3v) is 6.72. The van der Waals surface area contributed by atoms with Crippen molar-refractivity contribution in [2.24, 2.45) is 0 Å². The van der Waals surface area contributed by atoms with Crippen LogP contribution in [0.3, 0.4) is 0 Å². The van der Waals surface area contributed by atoms with Gasteiger partial charge in [0.2, 0.25) is 5.91 Å². The average molecular weight is 425 g/mol. The largest absolute Gasteiger partial charge is 0.373 e. The monoisotopic (exact) mass is 424 g/mol. The molecule has 4 rings (SSSR count). The highest BCUT2D eigenvalue weighted by molar-refractivity contribution is 5.98. The van der Waals surface area contributed by atoms with Crippen LogP contribution >= 0.6 is 0 Å². The van der Waals surface area contributed by atoms with Gasteiger partial charge in [0, 0.05) is 48.2 Å². The van der Waals surface area contributed by atoms with Gasteiger partial charge in [-0.2, -0.15) is 0 Å². The van der Waals surface area contributed by atoms with Crippen molar-refractivity contribution in [3.63, 3.8) is 0 Å². The molecule has 2 aliphatic rings. The molecule has 1 atom stereocenters. The molecule has 0 aliphatic carbocycles. The van der Waals surface area contributed by atoms with Crippen LogP contribution in [0.5, 0.6) is 0 Å². The van der Waals surface area contributed by atoms with Crippen LogP contribution in [0.1, 0.15) is 36.5 Å². The molecule has 1 fully saturated rings. The van der Waals surface area contributed by atoms with Crippen molar-refractivity contribution in [2.45, 2.75) is 51.6 Å². The van der Waals surface area contributed by atoms with Gasteiger partial charge in [-0.15, -0.1) is 0 Å². The molecular weight excluding hydrogens is 391 g/mol. The van der Waals surface area contributed by atoms with E-state index < -0.39 is 6.04 Å². The number of piperidine rings is 1. The van der Waals surface area contributed by atoms with E-state index in [1.54, 1.807) is 6.07 Å². The van der Waals surface area contributed by atoms with Gasteiger partial charge < -0.3 is 20.4 Å². The average Bonchev–Trinajstić information content (AvgIpc) is 3.23. The Morgan fingerprint density at radius 3 is 2.61 bits per heavy atom. The Bertz CT molecular complexity index is 935. The lowest BCUT2D eigenvalue weighted by molar-refractivity contribution is -0.116. The summed E-state index contributed by atoms with van der Waals surface area (Å²) in [7, 11) is 4.29. The molecule has 2 N–H and O–H groups in total. The highest BCUT2D eigenvalue weighted by Gasteiger charge is 2.30. The maximum Gasteiger partial charge on any atom is 0.247 e. The summed E-state index contributed by atoms with van der Waals surface area (Å²) in [5.41, 5.74) is 5.49. The number of benzene rings is 2. The molecule has 0 bridgehead atoms. The molecule has 2 heterocycles. The van der Waals surface area contributed by atoms with Gasteiger partial charge in [-0.25, -0.2) is 4.39 Å². The highest BCUT2D eigenvalue weighted by Crippen LogP contribution is 2.32. The Morgan fingerprint density at radius 1 is 1.23 bits per heavy atom. The number of amides is 1. The summed E-state index contributed by atoms with van der Waals surface area (Å²) in [6.07, 6.45) is 3.55. The zero-order valence-electron chi connectivity index (χ0n) is 19.0. The van der Waals surface area contributed by atoms with E-state index in [0.29, 0.717) is 18.0 Å². The normalized spacial score (nSPS) is 18.8. The number of aryl methyl sites for hydroxylation is 2. The number of anilines is 3. The van der Waals surface area contributed by atoms with Gasteiger partial charge in [0.25, 0.3) is 0 Å². The van der Waals surface area contributed by atoms with Gasteiger partial charge in [-0.05, 0) is 75.7 Å². The summed E-state index contributed by atoms with van der Waals surface area (Å²) in [5.74, 6) is -0.375. The molecule has 5 nitrogen and oxygen atoms in total. The number of hydrogen-bond acceptors (Lipinski definition) is 4. The number of hydrogen-bond donors (Lipinski definition) is 2. The highest BCUT2D eigenvalue weighted by atomic mass is 19.1.